The molecule has 0 spiro atoms. The lowest BCUT2D eigenvalue weighted by atomic mass is 9.85. The van der Waals surface area contributed by atoms with Gasteiger partial charge in [-0.25, -0.2) is 4.39 Å². The lowest BCUT2D eigenvalue weighted by molar-refractivity contribution is -0.114. The fourth-order valence-corrected chi connectivity index (χ4v) is 16.5. The fraction of sp³-hybridized carbons (Fsp3) is 0.250. The number of halogens is 3. The van der Waals surface area contributed by atoms with Crippen molar-refractivity contribution in [3.8, 4) is 86.2 Å². The van der Waals surface area contributed by atoms with Gasteiger partial charge < -0.3 is 80.9 Å². The molecular weight excluding hydrogens is 1680 g/mol. The minimum atomic E-state index is -0.379. The predicted octanol–water partition coefficient (Wildman–Crippen LogP) is 18.9. The van der Waals surface area contributed by atoms with Crippen LogP contribution >= 0.6 is 27.5 Å². The van der Waals surface area contributed by atoms with Crippen LogP contribution < -0.4 is 80.9 Å². The van der Waals surface area contributed by atoms with Crippen LogP contribution in [-0.4, -0.2) is 124 Å². The average molecular weight is 1770 g/mol. The largest absolute Gasteiger partial charge is 0.493 e. The minimum Gasteiger partial charge on any atom is -0.493 e. The van der Waals surface area contributed by atoms with Crippen molar-refractivity contribution in [1.29, 1.82) is 0 Å². The summed E-state index contributed by atoms with van der Waals surface area (Å²) in [5, 5.41) is 0.593. The number of hydrogen-bond acceptors (Lipinski definition) is 22. The highest BCUT2D eigenvalue weighted by Gasteiger charge is 2.33. The summed E-state index contributed by atoms with van der Waals surface area (Å²) in [4.78, 5) is 65.5. The molecule has 640 valence electrons. The van der Waals surface area contributed by atoms with Gasteiger partial charge in [0.2, 0.25) is 34.0 Å². The third-order valence-corrected chi connectivity index (χ3v) is 22.4. The van der Waals surface area contributed by atoms with Gasteiger partial charge in [-0.2, -0.15) is 0 Å². The van der Waals surface area contributed by atoms with E-state index in [2.05, 4.69) is 22.9 Å². The van der Waals surface area contributed by atoms with E-state index in [1.54, 1.807) is 48.6 Å². The van der Waals surface area contributed by atoms with E-state index in [0.717, 1.165) is 145 Å². The van der Waals surface area contributed by atoms with Gasteiger partial charge in [-0.1, -0.05) is 34.5 Å². The number of anilines is 2. The number of carbonyl (C=O) groups excluding carboxylic acids is 5. The van der Waals surface area contributed by atoms with Crippen molar-refractivity contribution in [2.75, 3.05) is 105 Å². The number of allylic oxidation sites excluding steroid dienone is 5. The van der Waals surface area contributed by atoms with Crippen molar-refractivity contribution in [2.45, 2.75) is 73.1 Å². The molecule has 0 N–H and O–H groups in total. The zero-order chi connectivity index (χ0) is 87.3. The molecule has 0 fully saturated rings. The van der Waals surface area contributed by atoms with Gasteiger partial charge in [0.05, 0.1) is 33.0 Å². The highest BCUT2D eigenvalue weighted by molar-refractivity contribution is 9.10. The third kappa shape index (κ3) is 18.5. The summed E-state index contributed by atoms with van der Waals surface area (Å²) in [6.07, 6.45) is 11.0. The van der Waals surface area contributed by atoms with E-state index in [9.17, 15) is 28.4 Å². The maximum absolute atomic E-state index is 13.6. The first-order chi connectivity index (χ1) is 60.6. The fourth-order valence-electron chi connectivity index (χ4n) is 16.0. The highest BCUT2D eigenvalue weighted by atomic mass is 79.9. The van der Waals surface area contributed by atoms with Crippen LogP contribution in [0.1, 0.15) is 124 Å². The van der Waals surface area contributed by atoms with E-state index in [0.29, 0.717) is 145 Å². The average Bonchev–Trinajstić information content (AvgIpc) is 1.78. The maximum atomic E-state index is 13.6. The molecule has 10 aromatic carbocycles. The molecule has 0 aromatic heterocycles. The van der Waals surface area contributed by atoms with Crippen LogP contribution in [0.2, 0.25) is 5.02 Å². The number of nitrogens with zero attached hydrogens (tertiary/aromatic N) is 2. The Labute approximate surface area is 735 Å². The lowest BCUT2D eigenvalue weighted by Gasteiger charge is -2.22. The lowest BCUT2D eigenvalue weighted by Crippen LogP contribution is -2.12. The van der Waals surface area contributed by atoms with Gasteiger partial charge in [-0.3, -0.25) is 24.0 Å². The monoisotopic (exact) mass is 1770 g/mol. The summed E-state index contributed by atoms with van der Waals surface area (Å²) in [5.74, 6) is 10.2. The standard InChI is InChI=1S/C22H23NO4.C21H21NO4.C19H15BrO4.C19H15ClO4.C19H15FO4/c1-4-7-25-20-10-15(23(2)3)5-6-17(20)19-11-16(24)8-14-9-21-22(12-18(14)19)27-13-26-21;1-4-24-19-9-14(22(2)3)5-6-16(19)18-10-15(23)7-13-8-20-21(11-17(13)18)26-12-25-20;3*1-2-22-17-7-12(20)3-4-14(17)16-8-13(21)5-11-6-18-19(9-15(11)16)24-10-23-18/h5-6,9-12H,4,7-8,13H2,1-3H3;5-6,8-11H,4,7,12H2,1-3H3;3*3-4,6-9H,2,5,10H2,1H3. The van der Waals surface area contributed by atoms with Crippen LogP contribution in [0.4, 0.5) is 15.8 Å². The molecule has 0 saturated carbocycles. The van der Waals surface area contributed by atoms with E-state index >= 15 is 0 Å². The molecule has 20 rings (SSSR count). The molecule has 5 aliphatic heterocycles. The topological polar surface area (TPSA) is 230 Å². The molecule has 0 saturated heterocycles. The Kier molecular flexibility index (Phi) is 25.4. The van der Waals surface area contributed by atoms with E-state index in [1.165, 1.54) is 12.1 Å². The van der Waals surface area contributed by atoms with Crippen LogP contribution in [0.25, 0.3) is 27.9 Å². The minimum absolute atomic E-state index is 0.0110. The van der Waals surface area contributed by atoms with Gasteiger partial charge in [0.15, 0.2) is 86.4 Å². The number of ether oxygens (including phenoxy) is 15. The molecule has 10 aromatic rings. The Morgan fingerprint density at radius 2 is 0.568 bits per heavy atom. The number of hydrogen-bond donors (Lipinski definition) is 0. The van der Waals surface area contributed by atoms with Crippen molar-refractivity contribution >= 4 is 95.7 Å². The van der Waals surface area contributed by atoms with Gasteiger partial charge in [0.1, 0.15) is 34.6 Å². The van der Waals surface area contributed by atoms with Crippen molar-refractivity contribution in [3.05, 3.63) is 281 Å². The van der Waals surface area contributed by atoms with Crippen LogP contribution in [0.5, 0.6) is 86.2 Å². The molecule has 10 aliphatic rings. The summed E-state index contributed by atoms with van der Waals surface area (Å²) in [5.41, 5.74) is 20.0. The smallest absolute Gasteiger partial charge is 0.231 e. The molecule has 0 unspecified atom stereocenters. The Bertz CT molecular complexity index is 5830. The number of carbonyl (C=O) groups is 5. The molecule has 0 radical (unpaired) electrons. The van der Waals surface area contributed by atoms with Crippen LogP contribution in [-0.2, 0) is 56.1 Å². The van der Waals surface area contributed by atoms with Crippen LogP contribution in [0.15, 0.2) is 187 Å². The molecular formula is C100H89BrClFN2O20. The van der Waals surface area contributed by atoms with E-state index in [1.807, 2.05) is 187 Å². The highest BCUT2D eigenvalue weighted by Crippen LogP contribution is 2.50. The first kappa shape index (κ1) is 85.1. The third-order valence-electron chi connectivity index (χ3n) is 21.7. The van der Waals surface area contributed by atoms with Gasteiger partial charge >= 0.3 is 0 Å². The Balaban J connectivity index is 0.000000115. The first-order valence-electron chi connectivity index (χ1n) is 41.1. The second-order valence-electron chi connectivity index (χ2n) is 30.5. The SMILES string of the molecule is CCCOc1cc(N(C)C)ccc1C1=CC(=O)Cc2cc3c(cc21)OCO3.CCOc1cc(Br)ccc1C1=CC(=O)Cc2cc3c(cc21)OCO3.CCOc1cc(Cl)ccc1C1=CC(=O)Cc2cc3c(cc21)OCO3.CCOc1cc(F)ccc1C1=CC(=O)Cc2cc3c(cc21)OCO3.CCOc1cc(N(C)C)ccc1C1=CC(=O)Cc2cc3c(cc21)OCO3. The van der Waals surface area contributed by atoms with Gasteiger partial charge in [-0.05, 0) is 281 Å². The summed E-state index contributed by atoms with van der Waals surface area (Å²) in [7, 11) is 7.98. The van der Waals surface area contributed by atoms with E-state index in [-0.39, 0.29) is 68.7 Å². The van der Waals surface area contributed by atoms with Gasteiger partial charge in [0.25, 0.3) is 0 Å². The number of rotatable bonds is 18. The number of benzene rings is 10. The zero-order valence-electron chi connectivity index (χ0n) is 70.3. The van der Waals surface area contributed by atoms with Gasteiger partial charge in [-0.15, -0.1) is 0 Å². The number of ketones is 5. The molecule has 25 heteroatoms. The Morgan fingerprint density at radius 3 is 0.864 bits per heavy atom. The zero-order valence-corrected chi connectivity index (χ0v) is 72.7. The molecule has 22 nitrogen and oxygen atoms in total. The number of fused-ring (bicyclic) bond motifs is 10. The normalized spacial score (nSPS) is 14.9. The molecule has 0 bridgehead atoms. The van der Waals surface area contributed by atoms with E-state index in [4.69, 9.17) is 82.7 Å². The molecule has 5 heterocycles. The summed E-state index contributed by atoms with van der Waals surface area (Å²) in [6.45, 7) is 13.4. The molecule has 0 amide bonds. The summed E-state index contributed by atoms with van der Waals surface area (Å²) < 4.78 is 98.2. The summed E-state index contributed by atoms with van der Waals surface area (Å²) in [6, 6.07) is 46.9. The van der Waals surface area contributed by atoms with E-state index < -0.39 is 0 Å². The quantitative estimate of drug-likeness (QED) is 0.0777. The summed E-state index contributed by atoms with van der Waals surface area (Å²) >= 11 is 9.57. The Morgan fingerprint density at radius 1 is 0.312 bits per heavy atom. The van der Waals surface area contributed by atoms with Crippen molar-refractivity contribution in [1.82, 2.24) is 0 Å². The molecule has 5 aliphatic carbocycles. The maximum Gasteiger partial charge on any atom is 0.231 e. The Hall–Kier alpha value is -13.5. The predicted molar refractivity (Wildman–Crippen MR) is 476 cm³/mol. The first-order valence-corrected chi connectivity index (χ1v) is 42.3. The second kappa shape index (κ2) is 37.3. The molecule has 0 atom stereocenters. The van der Waals surface area contributed by atoms with Crippen LogP contribution in [0.3, 0.4) is 0 Å². The van der Waals surface area contributed by atoms with Gasteiger partial charge in [0, 0.05) is 127 Å². The van der Waals surface area contributed by atoms with Crippen molar-refractivity contribution < 1.29 is 99.4 Å². The van der Waals surface area contributed by atoms with Crippen LogP contribution in [0, 0.1) is 5.82 Å². The second-order valence-corrected chi connectivity index (χ2v) is 31.8. The molecule has 125 heavy (non-hydrogen) atoms. The van der Waals surface area contributed by atoms with Crippen molar-refractivity contribution in [2.24, 2.45) is 0 Å². The van der Waals surface area contributed by atoms with Crippen molar-refractivity contribution in [3.63, 3.8) is 0 Å².